The van der Waals surface area contributed by atoms with Crippen LogP contribution in [0.1, 0.15) is 58.8 Å². The number of benzene rings is 3. The smallest absolute Gasteiger partial charge is 0.232 e. The Balaban J connectivity index is 1.19. The minimum Gasteiger partial charge on any atom is -0.325 e. The van der Waals surface area contributed by atoms with Crippen molar-refractivity contribution in [2.24, 2.45) is 0 Å². The molecular formula is C28H22N4O4. The van der Waals surface area contributed by atoms with E-state index < -0.39 is 23.7 Å². The molecule has 0 bridgehead atoms. The summed E-state index contributed by atoms with van der Waals surface area (Å²) in [6.45, 7) is 0. The van der Waals surface area contributed by atoms with Crippen LogP contribution in [0.3, 0.4) is 0 Å². The molecule has 3 aromatic carbocycles. The van der Waals surface area contributed by atoms with Crippen LogP contribution in [0.15, 0.2) is 60.7 Å². The van der Waals surface area contributed by atoms with E-state index in [4.69, 9.17) is 0 Å². The second kappa shape index (κ2) is 7.52. The molecule has 178 valence electrons. The van der Waals surface area contributed by atoms with E-state index >= 15 is 0 Å². The van der Waals surface area contributed by atoms with E-state index in [2.05, 4.69) is 21.3 Å². The third-order valence-corrected chi connectivity index (χ3v) is 7.89. The number of amides is 4. The van der Waals surface area contributed by atoms with Gasteiger partial charge in [-0.25, -0.2) is 0 Å². The first-order chi connectivity index (χ1) is 17.5. The second-order valence-electron chi connectivity index (χ2n) is 9.84. The number of para-hydroxylation sites is 2. The van der Waals surface area contributed by atoms with Crippen molar-refractivity contribution in [1.29, 1.82) is 0 Å². The Labute approximate surface area is 206 Å². The van der Waals surface area contributed by atoms with Crippen LogP contribution in [0, 0.1) is 0 Å². The van der Waals surface area contributed by atoms with Crippen molar-refractivity contribution in [3.63, 3.8) is 0 Å². The highest BCUT2D eigenvalue weighted by molar-refractivity contribution is 6.10. The lowest BCUT2D eigenvalue weighted by molar-refractivity contribution is -0.120. The molecule has 0 saturated carbocycles. The molecule has 8 nitrogen and oxygen atoms in total. The largest absolute Gasteiger partial charge is 0.325 e. The van der Waals surface area contributed by atoms with Crippen molar-refractivity contribution in [3.8, 4) is 0 Å². The van der Waals surface area contributed by atoms with E-state index in [1.54, 1.807) is 0 Å². The van der Waals surface area contributed by atoms with Gasteiger partial charge in [-0.3, -0.25) is 19.2 Å². The molecule has 8 heteroatoms. The Morgan fingerprint density at radius 2 is 0.778 bits per heavy atom. The third kappa shape index (κ3) is 3.00. The molecule has 0 aliphatic carbocycles. The molecule has 4 unspecified atom stereocenters. The Hall–Kier alpha value is -4.46. The molecule has 0 saturated heterocycles. The highest BCUT2D eigenvalue weighted by Crippen LogP contribution is 2.49. The van der Waals surface area contributed by atoms with Crippen molar-refractivity contribution < 1.29 is 19.2 Å². The number of carbonyl (C=O) groups is 4. The van der Waals surface area contributed by atoms with E-state index in [0.717, 1.165) is 33.6 Å². The fraction of sp³-hybridized carbons (Fsp3) is 0.214. The predicted octanol–water partition coefficient (Wildman–Crippen LogP) is 4.01. The Morgan fingerprint density at radius 1 is 0.444 bits per heavy atom. The van der Waals surface area contributed by atoms with Gasteiger partial charge in [0.2, 0.25) is 23.6 Å². The number of nitrogens with one attached hydrogen (secondary N) is 4. The van der Waals surface area contributed by atoms with E-state index in [1.807, 2.05) is 60.7 Å². The van der Waals surface area contributed by atoms with Crippen LogP contribution in [-0.4, -0.2) is 23.6 Å². The van der Waals surface area contributed by atoms with Gasteiger partial charge in [0.15, 0.2) is 0 Å². The molecule has 0 radical (unpaired) electrons. The molecule has 0 fully saturated rings. The quantitative estimate of drug-likeness (QED) is 0.453. The molecule has 4 aliphatic rings. The highest BCUT2D eigenvalue weighted by Gasteiger charge is 2.42. The molecule has 0 spiro atoms. The van der Waals surface area contributed by atoms with Gasteiger partial charge in [-0.2, -0.15) is 0 Å². The van der Waals surface area contributed by atoms with Gasteiger partial charge in [0.05, 0.1) is 23.7 Å². The maximum absolute atomic E-state index is 13.0. The van der Waals surface area contributed by atoms with Gasteiger partial charge in [0.25, 0.3) is 0 Å². The zero-order valence-corrected chi connectivity index (χ0v) is 19.1. The Kier molecular flexibility index (Phi) is 4.36. The van der Waals surface area contributed by atoms with Crippen LogP contribution in [0.25, 0.3) is 0 Å². The van der Waals surface area contributed by atoms with Gasteiger partial charge in [0.1, 0.15) is 0 Å². The predicted molar refractivity (Wildman–Crippen MR) is 134 cm³/mol. The summed E-state index contributed by atoms with van der Waals surface area (Å²) in [6.07, 6.45) is 0.688. The highest BCUT2D eigenvalue weighted by atomic mass is 16.2. The zero-order valence-electron chi connectivity index (χ0n) is 19.1. The topological polar surface area (TPSA) is 116 Å². The van der Waals surface area contributed by atoms with Gasteiger partial charge >= 0.3 is 0 Å². The fourth-order valence-electron chi connectivity index (χ4n) is 6.11. The Bertz CT molecular complexity index is 1400. The van der Waals surface area contributed by atoms with Crippen LogP contribution in [-0.2, 0) is 19.2 Å². The van der Waals surface area contributed by atoms with Crippen LogP contribution in [0.2, 0.25) is 0 Å². The normalized spacial score (nSPS) is 24.9. The molecule has 7 rings (SSSR count). The number of carbonyl (C=O) groups excluding carboxylic acids is 4. The first-order valence-electron chi connectivity index (χ1n) is 12.1. The second-order valence-corrected chi connectivity index (χ2v) is 9.84. The summed E-state index contributed by atoms with van der Waals surface area (Å²) in [5.41, 5.74) is 6.24. The number of anilines is 4. The SMILES string of the molecule is O=C1Nc2ccccc2C1CC1C(=O)Nc2cc3c(cc21)NC(=O)C3CC1C(=O)Nc2ccccc21. The van der Waals surface area contributed by atoms with Gasteiger partial charge in [0, 0.05) is 22.7 Å². The van der Waals surface area contributed by atoms with E-state index in [0.29, 0.717) is 24.2 Å². The van der Waals surface area contributed by atoms with Crippen molar-refractivity contribution in [2.75, 3.05) is 21.3 Å². The molecule has 4 N–H and O–H groups in total. The van der Waals surface area contributed by atoms with Gasteiger partial charge in [-0.05, 0) is 59.4 Å². The fourth-order valence-corrected chi connectivity index (χ4v) is 6.11. The average Bonchev–Trinajstić information content (AvgIpc) is 3.55. The average molecular weight is 479 g/mol. The molecule has 4 heterocycles. The number of rotatable bonds is 4. The molecule has 4 amide bonds. The molecular weight excluding hydrogens is 456 g/mol. The summed E-state index contributed by atoms with van der Waals surface area (Å²) in [7, 11) is 0. The monoisotopic (exact) mass is 478 g/mol. The third-order valence-electron chi connectivity index (χ3n) is 7.89. The van der Waals surface area contributed by atoms with E-state index in [1.165, 1.54) is 0 Å². The lowest BCUT2D eigenvalue weighted by atomic mass is 9.84. The lowest BCUT2D eigenvalue weighted by Gasteiger charge is -2.16. The Morgan fingerprint density at radius 3 is 1.19 bits per heavy atom. The van der Waals surface area contributed by atoms with Gasteiger partial charge < -0.3 is 21.3 Å². The minimum atomic E-state index is -0.504. The standard InChI is InChI=1S/C28H22N4O4/c33-25-17(13-5-1-3-7-21(13)29-25)9-19-15-11-24-16(12-23(15)31-27(19)35)20(28(36)32-24)10-18-14-6-2-4-8-22(14)30-26(18)34/h1-8,11-12,17-20H,9-10H2,(H,29,33)(H,30,34)(H,31,35)(H,32,36). The summed E-state index contributed by atoms with van der Waals surface area (Å²) in [4.78, 5) is 51.3. The van der Waals surface area contributed by atoms with Gasteiger partial charge in [-0.15, -0.1) is 0 Å². The van der Waals surface area contributed by atoms with Crippen LogP contribution in [0.5, 0.6) is 0 Å². The maximum Gasteiger partial charge on any atom is 0.232 e. The molecule has 4 aliphatic heterocycles. The van der Waals surface area contributed by atoms with E-state index in [-0.39, 0.29) is 23.6 Å². The van der Waals surface area contributed by atoms with Gasteiger partial charge in [-0.1, -0.05) is 36.4 Å². The summed E-state index contributed by atoms with van der Waals surface area (Å²) in [5.74, 6) is -2.37. The van der Waals surface area contributed by atoms with Crippen molar-refractivity contribution >= 4 is 46.4 Å². The number of hydrogen-bond donors (Lipinski definition) is 4. The zero-order chi connectivity index (χ0) is 24.6. The molecule has 4 atom stereocenters. The van der Waals surface area contributed by atoms with Crippen molar-refractivity contribution in [1.82, 2.24) is 0 Å². The molecule has 0 aromatic heterocycles. The van der Waals surface area contributed by atoms with Crippen LogP contribution in [0.4, 0.5) is 22.7 Å². The van der Waals surface area contributed by atoms with Crippen molar-refractivity contribution in [2.45, 2.75) is 36.5 Å². The minimum absolute atomic E-state index is 0.109. The first-order valence-corrected chi connectivity index (χ1v) is 12.1. The molecule has 36 heavy (non-hydrogen) atoms. The molecule has 3 aromatic rings. The summed E-state index contributed by atoms with van der Waals surface area (Å²) < 4.78 is 0. The first kappa shape index (κ1) is 20.9. The van der Waals surface area contributed by atoms with Crippen LogP contribution < -0.4 is 21.3 Å². The van der Waals surface area contributed by atoms with E-state index in [9.17, 15) is 19.2 Å². The van der Waals surface area contributed by atoms with Crippen molar-refractivity contribution in [3.05, 3.63) is 82.9 Å². The summed E-state index contributed by atoms with van der Waals surface area (Å²) in [6, 6.07) is 18.8. The maximum atomic E-state index is 13.0. The number of hydrogen-bond acceptors (Lipinski definition) is 4. The summed E-state index contributed by atoms with van der Waals surface area (Å²) in [5, 5.41) is 11.7. The number of fused-ring (bicyclic) bond motifs is 4. The van der Waals surface area contributed by atoms with Crippen LogP contribution >= 0.6 is 0 Å². The summed E-state index contributed by atoms with van der Waals surface area (Å²) >= 11 is 0. The lowest BCUT2D eigenvalue weighted by Crippen LogP contribution is -2.20.